The fourth-order valence-electron chi connectivity index (χ4n) is 2.37. The van der Waals surface area contributed by atoms with E-state index in [4.69, 9.17) is 21.6 Å². The molecule has 0 spiro atoms. The maximum atomic E-state index is 11.3. The summed E-state index contributed by atoms with van der Waals surface area (Å²) in [6.07, 6.45) is 5.19. The number of H-pyrrole nitrogens is 1. The third-order valence-electron chi connectivity index (χ3n) is 3.52. The Hall–Kier alpha value is -3.46. The van der Waals surface area contributed by atoms with Gasteiger partial charge in [-0.1, -0.05) is 5.92 Å². The zero-order valence-corrected chi connectivity index (χ0v) is 13.0. The number of imidazole rings is 1. The van der Waals surface area contributed by atoms with Gasteiger partial charge in [-0.2, -0.15) is 0 Å². The number of methoxy groups -OCH3 is 1. The molecule has 2 aromatic carbocycles. The van der Waals surface area contributed by atoms with E-state index in [2.05, 4.69) is 15.9 Å². The molecule has 0 fully saturated rings. The van der Waals surface area contributed by atoms with E-state index in [1.54, 1.807) is 37.4 Å². The third kappa shape index (κ3) is 2.88. The molecule has 0 saturated heterocycles. The Morgan fingerprint density at radius 2 is 2.17 bits per heavy atom. The molecule has 0 saturated carbocycles. The number of nitrogens with zero attached hydrogens (tertiary/aromatic N) is 1. The summed E-state index contributed by atoms with van der Waals surface area (Å²) in [5.41, 5.74) is 7.93. The molecule has 3 aromatic rings. The minimum absolute atomic E-state index is 0.184. The molecule has 1 aromatic heterocycles. The van der Waals surface area contributed by atoms with Crippen molar-refractivity contribution >= 4 is 16.9 Å². The van der Waals surface area contributed by atoms with Crippen molar-refractivity contribution in [3.8, 4) is 35.2 Å². The van der Waals surface area contributed by atoms with Crippen molar-refractivity contribution in [1.82, 2.24) is 9.97 Å². The summed E-state index contributed by atoms with van der Waals surface area (Å²) in [6, 6.07) is 10.4. The average Bonchev–Trinajstić information content (AvgIpc) is 3.02. The van der Waals surface area contributed by atoms with E-state index in [1.807, 2.05) is 6.07 Å². The minimum atomic E-state index is -0.486. The number of primary amides is 1. The number of aromatic nitrogens is 2. The zero-order chi connectivity index (χ0) is 17.1. The lowest BCUT2D eigenvalue weighted by Crippen LogP contribution is -2.10. The molecule has 0 bridgehead atoms. The van der Waals surface area contributed by atoms with Crippen LogP contribution in [0.2, 0.25) is 0 Å². The number of benzene rings is 2. The van der Waals surface area contributed by atoms with Crippen molar-refractivity contribution < 1.29 is 14.3 Å². The lowest BCUT2D eigenvalue weighted by molar-refractivity contribution is 0.100. The maximum absolute atomic E-state index is 11.3. The van der Waals surface area contributed by atoms with Gasteiger partial charge in [-0.15, -0.1) is 6.42 Å². The lowest BCUT2D eigenvalue weighted by atomic mass is 10.2. The van der Waals surface area contributed by atoms with Gasteiger partial charge in [0.2, 0.25) is 5.91 Å². The number of nitrogens with one attached hydrogen (secondary N) is 1. The third-order valence-corrected chi connectivity index (χ3v) is 3.52. The van der Waals surface area contributed by atoms with Gasteiger partial charge in [-0.25, -0.2) is 4.98 Å². The molecule has 0 aliphatic carbocycles. The highest BCUT2D eigenvalue weighted by Crippen LogP contribution is 2.32. The number of ether oxygens (including phenoxy) is 2. The predicted molar refractivity (Wildman–Crippen MR) is 90.9 cm³/mol. The largest absolute Gasteiger partial charge is 0.496 e. The molecule has 0 radical (unpaired) electrons. The van der Waals surface area contributed by atoms with E-state index < -0.39 is 5.91 Å². The normalized spacial score (nSPS) is 10.3. The summed E-state index contributed by atoms with van der Waals surface area (Å²) in [6.45, 7) is 0.184. The van der Waals surface area contributed by atoms with Crippen LogP contribution in [-0.4, -0.2) is 29.6 Å². The van der Waals surface area contributed by atoms with E-state index in [9.17, 15) is 4.79 Å². The molecule has 6 nitrogen and oxygen atoms in total. The molecule has 6 heteroatoms. The van der Waals surface area contributed by atoms with Crippen LogP contribution in [0.4, 0.5) is 0 Å². The Morgan fingerprint density at radius 3 is 2.88 bits per heavy atom. The SMILES string of the molecule is C#CCOc1ccc(-c2nc3ccc(C(N)=O)cc3[nH]2)c(OC)c1. The number of nitrogens with two attached hydrogens (primary N) is 1. The van der Waals surface area contributed by atoms with Crippen molar-refractivity contribution in [3.05, 3.63) is 42.0 Å². The molecule has 0 atom stereocenters. The number of carbonyl (C=O) groups is 1. The number of terminal acetylenes is 1. The first-order chi connectivity index (χ1) is 11.6. The summed E-state index contributed by atoms with van der Waals surface area (Å²) >= 11 is 0. The number of amides is 1. The van der Waals surface area contributed by atoms with Crippen LogP contribution in [-0.2, 0) is 0 Å². The first kappa shape index (κ1) is 15.4. The summed E-state index contributed by atoms with van der Waals surface area (Å²) in [7, 11) is 1.57. The second-order valence-corrected chi connectivity index (χ2v) is 5.04. The summed E-state index contributed by atoms with van der Waals surface area (Å²) in [5, 5.41) is 0. The highest BCUT2D eigenvalue weighted by molar-refractivity contribution is 5.96. The number of hydrogen-bond acceptors (Lipinski definition) is 4. The maximum Gasteiger partial charge on any atom is 0.248 e. The molecule has 3 rings (SSSR count). The Balaban J connectivity index is 2.03. The molecule has 1 heterocycles. The first-order valence-electron chi connectivity index (χ1n) is 7.16. The van der Waals surface area contributed by atoms with Crippen molar-refractivity contribution in [3.63, 3.8) is 0 Å². The van der Waals surface area contributed by atoms with Gasteiger partial charge in [0.15, 0.2) is 0 Å². The predicted octanol–water partition coefficient (Wildman–Crippen LogP) is 2.35. The van der Waals surface area contributed by atoms with Gasteiger partial charge in [-0.05, 0) is 30.3 Å². The zero-order valence-electron chi connectivity index (χ0n) is 13.0. The van der Waals surface area contributed by atoms with Gasteiger partial charge >= 0.3 is 0 Å². The number of fused-ring (bicyclic) bond motifs is 1. The fourth-order valence-corrected chi connectivity index (χ4v) is 2.37. The number of rotatable bonds is 5. The van der Waals surface area contributed by atoms with Gasteiger partial charge in [0.25, 0.3) is 0 Å². The molecule has 120 valence electrons. The highest BCUT2D eigenvalue weighted by atomic mass is 16.5. The highest BCUT2D eigenvalue weighted by Gasteiger charge is 2.13. The Bertz CT molecular complexity index is 954. The average molecular weight is 321 g/mol. The molecule has 3 N–H and O–H groups in total. The van der Waals surface area contributed by atoms with E-state index in [0.717, 1.165) is 16.6 Å². The van der Waals surface area contributed by atoms with Gasteiger partial charge in [0.1, 0.15) is 23.9 Å². The van der Waals surface area contributed by atoms with Crippen LogP contribution in [0.25, 0.3) is 22.4 Å². The number of aromatic amines is 1. The van der Waals surface area contributed by atoms with Gasteiger partial charge in [0.05, 0.1) is 23.7 Å². The second kappa shape index (κ2) is 6.34. The molecular formula is C18H15N3O3. The van der Waals surface area contributed by atoms with E-state index >= 15 is 0 Å². The standard InChI is InChI=1S/C18H15N3O3/c1-3-8-24-12-5-6-13(16(10-12)23-2)18-20-14-7-4-11(17(19)22)9-15(14)21-18/h1,4-7,9-10H,8H2,2H3,(H2,19,22)(H,20,21). The summed E-state index contributed by atoms with van der Waals surface area (Å²) in [5.74, 6) is 3.75. The van der Waals surface area contributed by atoms with Crippen LogP contribution in [0, 0.1) is 12.3 Å². The topological polar surface area (TPSA) is 90.2 Å². The number of hydrogen-bond donors (Lipinski definition) is 2. The molecule has 0 aliphatic rings. The van der Waals surface area contributed by atoms with Crippen LogP contribution in [0.1, 0.15) is 10.4 Å². The van der Waals surface area contributed by atoms with Gasteiger partial charge < -0.3 is 20.2 Å². The molecule has 0 unspecified atom stereocenters. The number of carbonyl (C=O) groups excluding carboxylic acids is 1. The van der Waals surface area contributed by atoms with E-state index in [1.165, 1.54) is 0 Å². The molecule has 1 amide bonds. The Morgan fingerprint density at radius 1 is 1.33 bits per heavy atom. The van der Waals surface area contributed by atoms with Crippen molar-refractivity contribution in [2.45, 2.75) is 0 Å². The van der Waals surface area contributed by atoms with Crippen LogP contribution in [0.15, 0.2) is 36.4 Å². The van der Waals surface area contributed by atoms with E-state index in [-0.39, 0.29) is 6.61 Å². The van der Waals surface area contributed by atoms with Crippen LogP contribution >= 0.6 is 0 Å². The van der Waals surface area contributed by atoms with Crippen molar-refractivity contribution in [2.24, 2.45) is 5.73 Å². The smallest absolute Gasteiger partial charge is 0.248 e. The molecular weight excluding hydrogens is 306 g/mol. The minimum Gasteiger partial charge on any atom is -0.496 e. The van der Waals surface area contributed by atoms with Crippen LogP contribution in [0.3, 0.4) is 0 Å². The molecule has 0 aliphatic heterocycles. The summed E-state index contributed by atoms with van der Waals surface area (Å²) < 4.78 is 10.8. The second-order valence-electron chi connectivity index (χ2n) is 5.04. The Labute approximate surface area is 138 Å². The first-order valence-corrected chi connectivity index (χ1v) is 7.16. The fraction of sp³-hybridized carbons (Fsp3) is 0.111. The lowest BCUT2D eigenvalue weighted by Gasteiger charge is -2.09. The van der Waals surface area contributed by atoms with Gasteiger partial charge in [-0.3, -0.25) is 4.79 Å². The van der Waals surface area contributed by atoms with Crippen molar-refractivity contribution in [2.75, 3.05) is 13.7 Å². The van der Waals surface area contributed by atoms with E-state index in [0.29, 0.717) is 22.9 Å². The van der Waals surface area contributed by atoms with Crippen molar-refractivity contribution in [1.29, 1.82) is 0 Å². The van der Waals surface area contributed by atoms with Gasteiger partial charge in [0, 0.05) is 11.6 Å². The van der Waals surface area contributed by atoms with Crippen LogP contribution < -0.4 is 15.2 Å². The van der Waals surface area contributed by atoms with Crippen LogP contribution in [0.5, 0.6) is 11.5 Å². The monoisotopic (exact) mass is 321 g/mol. The quantitative estimate of drug-likeness (QED) is 0.706. The summed E-state index contributed by atoms with van der Waals surface area (Å²) in [4.78, 5) is 19.0. The molecule has 24 heavy (non-hydrogen) atoms. The Kier molecular flexibility index (Phi) is 4.08.